The van der Waals surface area contributed by atoms with Crippen molar-refractivity contribution in [2.45, 2.75) is 32.5 Å². The fourth-order valence-electron chi connectivity index (χ4n) is 2.59. The Morgan fingerprint density at radius 3 is 2.60 bits per heavy atom. The van der Waals surface area contributed by atoms with E-state index >= 15 is 0 Å². The van der Waals surface area contributed by atoms with E-state index in [0.29, 0.717) is 30.7 Å². The van der Waals surface area contributed by atoms with Crippen LogP contribution < -0.4 is 10.2 Å². The van der Waals surface area contributed by atoms with E-state index < -0.39 is 11.7 Å². The largest absolute Gasteiger partial charge is 0.418 e. The molecule has 0 amide bonds. The summed E-state index contributed by atoms with van der Waals surface area (Å²) in [7, 11) is 0. The monoisotopic (exact) mass is 286 g/mol. The molecule has 0 saturated carbocycles. The number of nitrogens with one attached hydrogen (secondary N) is 1. The first-order valence-corrected chi connectivity index (χ1v) is 7.02. The zero-order valence-electron chi connectivity index (χ0n) is 11.9. The van der Waals surface area contributed by atoms with Gasteiger partial charge in [-0.15, -0.1) is 0 Å². The molecule has 1 aromatic carbocycles. The molecule has 2 nitrogen and oxygen atoms in total. The van der Waals surface area contributed by atoms with Gasteiger partial charge in [0.1, 0.15) is 0 Å². The van der Waals surface area contributed by atoms with E-state index in [4.69, 9.17) is 0 Å². The van der Waals surface area contributed by atoms with Crippen LogP contribution in [0, 0.1) is 5.92 Å². The van der Waals surface area contributed by atoms with E-state index in [0.717, 1.165) is 13.0 Å². The molecule has 2 unspecified atom stereocenters. The van der Waals surface area contributed by atoms with Gasteiger partial charge in [-0.25, -0.2) is 0 Å². The van der Waals surface area contributed by atoms with Crippen LogP contribution in [0.3, 0.4) is 0 Å². The number of halogens is 3. The smallest absolute Gasteiger partial charge is 0.371 e. The lowest BCUT2D eigenvalue weighted by molar-refractivity contribution is -0.137. The van der Waals surface area contributed by atoms with Crippen molar-refractivity contribution in [1.29, 1.82) is 0 Å². The molecule has 1 aliphatic heterocycles. The minimum atomic E-state index is -4.30. The molecule has 2 atom stereocenters. The Morgan fingerprint density at radius 1 is 1.20 bits per heavy atom. The maximum atomic E-state index is 13.1. The van der Waals surface area contributed by atoms with Crippen molar-refractivity contribution in [2.75, 3.05) is 24.5 Å². The number of nitrogens with zero attached hydrogens (tertiary/aromatic N) is 1. The predicted octanol–water partition coefficient (Wildman–Crippen LogP) is 3.53. The first-order valence-electron chi connectivity index (χ1n) is 7.02. The lowest BCUT2D eigenvalue weighted by Gasteiger charge is -2.34. The van der Waals surface area contributed by atoms with Crippen molar-refractivity contribution in [1.82, 2.24) is 5.32 Å². The molecular weight excluding hydrogens is 265 g/mol. The van der Waals surface area contributed by atoms with Crippen molar-refractivity contribution >= 4 is 5.69 Å². The third-order valence-electron chi connectivity index (χ3n) is 3.73. The van der Waals surface area contributed by atoms with Crippen molar-refractivity contribution < 1.29 is 13.2 Å². The molecule has 112 valence electrons. The Kier molecular flexibility index (Phi) is 4.58. The Hall–Kier alpha value is -1.23. The van der Waals surface area contributed by atoms with E-state index in [1.165, 1.54) is 12.1 Å². The Morgan fingerprint density at radius 2 is 1.90 bits per heavy atom. The van der Waals surface area contributed by atoms with E-state index in [2.05, 4.69) is 19.2 Å². The van der Waals surface area contributed by atoms with Crippen molar-refractivity contribution in [3.8, 4) is 0 Å². The molecule has 1 N–H and O–H groups in total. The summed E-state index contributed by atoms with van der Waals surface area (Å²) in [5.41, 5.74) is -0.227. The first-order chi connectivity index (χ1) is 9.38. The van der Waals surface area contributed by atoms with Gasteiger partial charge in [-0.2, -0.15) is 13.2 Å². The quantitative estimate of drug-likeness (QED) is 0.849. The average molecular weight is 286 g/mol. The summed E-state index contributed by atoms with van der Waals surface area (Å²) in [4.78, 5) is 1.88. The van der Waals surface area contributed by atoms with E-state index in [1.807, 2.05) is 4.90 Å². The lowest BCUT2D eigenvalue weighted by Crippen LogP contribution is -2.43. The summed E-state index contributed by atoms with van der Waals surface area (Å²) in [6.07, 6.45) is -3.45. The fraction of sp³-hybridized carbons (Fsp3) is 0.600. The molecular formula is C15H21F3N2. The Balaban J connectivity index is 2.29. The summed E-state index contributed by atoms with van der Waals surface area (Å²) in [5.74, 6) is 0.319. The van der Waals surface area contributed by atoms with E-state index in [1.54, 1.807) is 12.1 Å². The van der Waals surface area contributed by atoms with Gasteiger partial charge in [-0.05, 0) is 37.9 Å². The maximum absolute atomic E-state index is 13.1. The standard InChI is InChI=1S/C15H21F3N2/c1-11-9-19-12(2)7-8-20(10-11)14-6-4-3-5-13(14)15(16,17)18/h3-6,11-12,19H,7-10H2,1-2H3. The Labute approximate surface area is 118 Å². The molecule has 0 aromatic heterocycles. The molecule has 2 rings (SSSR count). The zero-order valence-corrected chi connectivity index (χ0v) is 11.9. The number of para-hydroxylation sites is 1. The first kappa shape index (κ1) is 15.2. The van der Waals surface area contributed by atoms with Crippen LogP contribution in [0.15, 0.2) is 24.3 Å². The zero-order chi connectivity index (χ0) is 14.8. The summed E-state index contributed by atoms with van der Waals surface area (Å²) in [5, 5.41) is 3.40. The maximum Gasteiger partial charge on any atom is 0.418 e. The molecule has 20 heavy (non-hydrogen) atoms. The van der Waals surface area contributed by atoms with E-state index in [-0.39, 0.29) is 0 Å². The highest BCUT2D eigenvalue weighted by molar-refractivity contribution is 5.55. The van der Waals surface area contributed by atoms with E-state index in [9.17, 15) is 13.2 Å². The van der Waals surface area contributed by atoms with Crippen LogP contribution in [0.25, 0.3) is 0 Å². The van der Waals surface area contributed by atoms with Gasteiger partial charge in [0.2, 0.25) is 0 Å². The highest BCUT2D eigenvalue weighted by Gasteiger charge is 2.35. The minimum Gasteiger partial charge on any atom is -0.371 e. The molecule has 0 spiro atoms. The number of benzene rings is 1. The van der Waals surface area contributed by atoms with Crippen molar-refractivity contribution in [3.63, 3.8) is 0 Å². The molecule has 1 aromatic rings. The molecule has 1 saturated heterocycles. The number of anilines is 1. The fourth-order valence-corrected chi connectivity index (χ4v) is 2.59. The van der Waals surface area contributed by atoms with Crippen LogP contribution in [0.2, 0.25) is 0 Å². The van der Waals surface area contributed by atoms with Gasteiger partial charge in [0.05, 0.1) is 5.56 Å². The van der Waals surface area contributed by atoms with Crippen LogP contribution >= 0.6 is 0 Å². The van der Waals surface area contributed by atoms with Gasteiger partial charge in [-0.3, -0.25) is 0 Å². The summed E-state index contributed by atoms with van der Waals surface area (Å²) >= 11 is 0. The number of hydrogen-bond acceptors (Lipinski definition) is 2. The molecule has 5 heteroatoms. The van der Waals surface area contributed by atoms with Crippen molar-refractivity contribution in [2.24, 2.45) is 5.92 Å². The van der Waals surface area contributed by atoms with Crippen LogP contribution in [0.1, 0.15) is 25.8 Å². The molecule has 0 aliphatic carbocycles. The average Bonchev–Trinajstić information content (AvgIpc) is 2.38. The van der Waals surface area contributed by atoms with Crippen LogP contribution in [0.5, 0.6) is 0 Å². The van der Waals surface area contributed by atoms with Gasteiger partial charge in [-0.1, -0.05) is 19.1 Å². The number of rotatable bonds is 1. The lowest BCUT2D eigenvalue weighted by atomic mass is 10.0. The second-order valence-electron chi connectivity index (χ2n) is 5.66. The van der Waals surface area contributed by atoms with Gasteiger partial charge in [0.15, 0.2) is 0 Å². The normalized spacial score (nSPS) is 25.1. The topological polar surface area (TPSA) is 15.3 Å². The number of hydrogen-bond donors (Lipinski definition) is 1. The molecule has 1 fully saturated rings. The molecule has 0 radical (unpaired) electrons. The van der Waals surface area contributed by atoms with Crippen molar-refractivity contribution in [3.05, 3.63) is 29.8 Å². The van der Waals surface area contributed by atoms with Gasteiger partial charge in [0.25, 0.3) is 0 Å². The van der Waals surface area contributed by atoms with Crippen LogP contribution in [0.4, 0.5) is 18.9 Å². The third kappa shape index (κ3) is 3.66. The Bertz CT molecular complexity index is 445. The highest BCUT2D eigenvalue weighted by atomic mass is 19.4. The predicted molar refractivity (Wildman–Crippen MR) is 74.9 cm³/mol. The molecule has 1 heterocycles. The molecule has 1 aliphatic rings. The second kappa shape index (κ2) is 6.04. The van der Waals surface area contributed by atoms with Crippen LogP contribution in [-0.2, 0) is 6.18 Å². The summed E-state index contributed by atoms with van der Waals surface area (Å²) in [6.45, 7) is 6.27. The molecule has 0 bridgehead atoms. The number of alkyl halides is 3. The minimum absolute atomic E-state index is 0.306. The van der Waals surface area contributed by atoms with Gasteiger partial charge < -0.3 is 10.2 Å². The summed E-state index contributed by atoms with van der Waals surface area (Å²) in [6, 6.07) is 6.20. The van der Waals surface area contributed by atoms with Gasteiger partial charge in [0, 0.05) is 24.8 Å². The van der Waals surface area contributed by atoms with Gasteiger partial charge >= 0.3 is 6.18 Å². The third-order valence-corrected chi connectivity index (χ3v) is 3.73. The van der Waals surface area contributed by atoms with Crippen LogP contribution in [-0.4, -0.2) is 25.7 Å². The SMILES string of the molecule is CC1CNC(C)CCN(c2ccccc2C(F)(F)F)C1. The summed E-state index contributed by atoms with van der Waals surface area (Å²) < 4.78 is 39.4. The second-order valence-corrected chi connectivity index (χ2v) is 5.66. The highest BCUT2D eigenvalue weighted by Crippen LogP contribution is 2.36.